The van der Waals surface area contributed by atoms with Gasteiger partial charge in [-0.05, 0) is 26.0 Å². The lowest BCUT2D eigenvalue weighted by Crippen LogP contribution is -2.32. The number of fused-ring (bicyclic) bond motifs is 1. The van der Waals surface area contributed by atoms with Crippen LogP contribution in [0.25, 0.3) is 0 Å². The summed E-state index contributed by atoms with van der Waals surface area (Å²) < 4.78 is 5.33. The summed E-state index contributed by atoms with van der Waals surface area (Å²) in [7, 11) is 1.61. The highest BCUT2D eigenvalue weighted by Gasteiger charge is 2.42. The largest absolute Gasteiger partial charge is 0.496 e. The summed E-state index contributed by atoms with van der Waals surface area (Å²) >= 11 is 0. The molecular weight excluding hydrogens is 218 g/mol. The zero-order valence-electron chi connectivity index (χ0n) is 10.3. The van der Waals surface area contributed by atoms with Gasteiger partial charge < -0.3 is 15.2 Å². The number of carboxylic acid groups (broad SMARTS) is 1. The molecule has 1 aliphatic rings. The highest BCUT2D eigenvalue weighted by atomic mass is 16.5. The molecule has 0 saturated heterocycles. The Balaban J connectivity index is 2.49. The first-order valence-electron chi connectivity index (χ1n) is 5.62. The average molecular weight is 235 g/mol. The number of ether oxygens (including phenoxy) is 1. The van der Waals surface area contributed by atoms with Crippen LogP contribution in [0.4, 0.5) is 5.69 Å². The van der Waals surface area contributed by atoms with Crippen LogP contribution in [0.3, 0.4) is 0 Å². The molecule has 0 amide bonds. The van der Waals surface area contributed by atoms with Gasteiger partial charge in [-0.25, -0.2) is 0 Å². The molecule has 2 rings (SSSR count). The van der Waals surface area contributed by atoms with Gasteiger partial charge in [0.05, 0.1) is 12.5 Å². The fourth-order valence-corrected chi connectivity index (χ4v) is 2.31. The Labute approximate surface area is 101 Å². The minimum absolute atomic E-state index is 0.0776. The molecule has 1 aromatic carbocycles. The van der Waals surface area contributed by atoms with Crippen LogP contribution in [0, 0.1) is 5.41 Å². The molecule has 1 aromatic rings. The lowest BCUT2D eigenvalue weighted by atomic mass is 9.76. The first-order chi connectivity index (χ1) is 7.98. The maximum absolute atomic E-state index is 11.3. The van der Waals surface area contributed by atoms with E-state index in [0.29, 0.717) is 6.54 Å². The molecule has 0 bridgehead atoms. The predicted molar refractivity (Wildman–Crippen MR) is 65.6 cm³/mol. The zero-order chi connectivity index (χ0) is 12.6. The highest BCUT2D eigenvalue weighted by Crippen LogP contribution is 2.47. The van der Waals surface area contributed by atoms with Gasteiger partial charge in [0.25, 0.3) is 0 Å². The highest BCUT2D eigenvalue weighted by molar-refractivity contribution is 5.78. The van der Waals surface area contributed by atoms with E-state index in [1.165, 1.54) is 0 Å². The van der Waals surface area contributed by atoms with Gasteiger partial charge in [0.1, 0.15) is 5.75 Å². The standard InChI is InChI=1S/C13H17NO3/c1-13(2,12(15)16)8-7-14-9-5-4-6-10(17-3)11(8)9/h4-6,8,14H,7H2,1-3H3,(H,15,16). The van der Waals surface area contributed by atoms with Crippen LogP contribution in [0.1, 0.15) is 25.3 Å². The van der Waals surface area contributed by atoms with Crippen LogP contribution in [-0.2, 0) is 4.79 Å². The lowest BCUT2D eigenvalue weighted by Gasteiger charge is -2.27. The van der Waals surface area contributed by atoms with Gasteiger partial charge in [-0.1, -0.05) is 6.07 Å². The molecule has 1 heterocycles. The van der Waals surface area contributed by atoms with Crippen molar-refractivity contribution in [1.82, 2.24) is 0 Å². The van der Waals surface area contributed by atoms with Crippen molar-refractivity contribution < 1.29 is 14.6 Å². The van der Waals surface area contributed by atoms with E-state index >= 15 is 0 Å². The number of methoxy groups -OCH3 is 1. The monoisotopic (exact) mass is 235 g/mol. The fourth-order valence-electron chi connectivity index (χ4n) is 2.31. The van der Waals surface area contributed by atoms with Gasteiger partial charge in [-0.15, -0.1) is 0 Å². The molecule has 1 atom stereocenters. The summed E-state index contributed by atoms with van der Waals surface area (Å²) in [4.78, 5) is 11.3. The van der Waals surface area contributed by atoms with Crippen LogP contribution in [0.15, 0.2) is 18.2 Å². The number of aliphatic carboxylic acids is 1. The number of anilines is 1. The minimum Gasteiger partial charge on any atom is -0.496 e. The van der Waals surface area contributed by atoms with Gasteiger partial charge in [-0.3, -0.25) is 4.79 Å². The maximum Gasteiger partial charge on any atom is 0.309 e. The lowest BCUT2D eigenvalue weighted by molar-refractivity contribution is -0.148. The van der Waals surface area contributed by atoms with Gasteiger partial charge >= 0.3 is 5.97 Å². The molecule has 0 saturated carbocycles. The molecule has 0 spiro atoms. The molecule has 0 aromatic heterocycles. The van der Waals surface area contributed by atoms with Crippen LogP contribution < -0.4 is 10.1 Å². The van der Waals surface area contributed by atoms with Crippen molar-refractivity contribution in [3.8, 4) is 5.75 Å². The number of hydrogen-bond donors (Lipinski definition) is 2. The quantitative estimate of drug-likeness (QED) is 0.844. The Hall–Kier alpha value is -1.71. The van der Waals surface area contributed by atoms with Crippen LogP contribution in [-0.4, -0.2) is 24.7 Å². The summed E-state index contributed by atoms with van der Waals surface area (Å²) in [6.07, 6.45) is 0. The van der Waals surface area contributed by atoms with E-state index in [0.717, 1.165) is 17.0 Å². The number of rotatable bonds is 3. The van der Waals surface area contributed by atoms with Crippen molar-refractivity contribution in [3.05, 3.63) is 23.8 Å². The molecule has 0 radical (unpaired) electrons. The SMILES string of the molecule is COc1cccc2c1C(C(C)(C)C(=O)O)CN2. The maximum atomic E-state index is 11.3. The fraction of sp³-hybridized carbons (Fsp3) is 0.462. The zero-order valence-corrected chi connectivity index (χ0v) is 10.3. The third-order valence-corrected chi connectivity index (χ3v) is 3.55. The number of nitrogens with one attached hydrogen (secondary N) is 1. The molecule has 4 nitrogen and oxygen atoms in total. The molecule has 4 heteroatoms. The van der Waals surface area contributed by atoms with E-state index in [4.69, 9.17) is 4.74 Å². The van der Waals surface area contributed by atoms with Crippen LogP contribution >= 0.6 is 0 Å². The number of benzene rings is 1. The Morgan fingerprint density at radius 3 is 2.82 bits per heavy atom. The van der Waals surface area contributed by atoms with Crippen molar-refractivity contribution in [3.63, 3.8) is 0 Å². The van der Waals surface area contributed by atoms with Gasteiger partial charge in [0, 0.05) is 23.7 Å². The summed E-state index contributed by atoms with van der Waals surface area (Å²) in [5.41, 5.74) is 1.14. The smallest absolute Gasteiger partial charge is 0.309 e. The van der Waals surface area contributed by atoms with Crippen LogP contribution in [0.2, 0.25) is 0 Å². The molecule has 2 N–H and O–H groups in total. The summed E-state index contributed by atoms with van der Waals surface area (Å²) in [6.45, 7) is 4.14. The van der Waals surface area contributed by atoms with E-state index in [9.17, 15) is 9.90 Å². The third kappa shape index (κ3) is 1.73. The van der Waals surface area contributed by atoms with Crippen molar-refractivity contribution in [2.24, 2.45) is 5.41 Å². The van der Waals surface area contributed by atoms with Gasteiger partial charge in [0.15, 0.2) is 0 Å². The van der Waals surface area contributed by atoms with E-state index in [2.05, 4.69) is 5.32 Å². The Kier molecular flexibility index (Phi) is 2.73. The molecule has 1 aliphatic heterocycles. The summed E-state index contributed by atoms with van der Waals surface area (Å²) in [5.74, 6) is -0.110. The van der Waals surface area contributed by atoms with E-state index in [-0.39, 0.29) is 5.92 Å². The number of carboxylic acids is 1. The normalized spacial score (nSPS) is 18.4. The molecule has 0 aliphatic carbocycles. The molecule has 17 heavy (non-hydrogen) atoms. The number of hydrogen-bond acceptors (Lipinski definition) is 3. The van der Waals surface area contributed by atoms with Crippen molar-refractivity contribution in [2.45, 2.75) is 19.8 Å². The molecule has 92 valence electrons. The Morgan fingerprint density at radius 2 is 2.24 bits per heavy atom. The predicted octanol–water partition coefficient (Wildman–Crippen LogP) is 2.32. The van der Waals surface area contributed by atoms with Crippen molar-refractivity contribution >= 4 is 11.7 Å². The first kappa shape index (κ1) is 11.8. The van der Waals surface area contributed by atoms with Gasteiger partial charge in [0.2, 0.25) is 0 Å². The van der Waals surface area contributed by atoms with E-state index in [1.807, 2.05) is 18.2 Å². The third-order valence-electron chi connectivity index (χ3n) is 3.55. The summed E-state index contributed by atoms with van der Waals surface area (Å²) in [6, 6.07) is 5.73. The van der Waals surface area contributed by atoms with Crippen molar-refractivity contribution in [2.75, 3.05) is 19.0 Å². The second kappa shape index (κ2) is 3.95. The first-order valence-corrected chi connectivity index (χ1v) is 5.62. The van der Waals surface area contributed by atoms with Gasteiger partial charge in [-0.2, -0.15) is 0 Å². The molecular formula is C13H17NO3. The second-order valence-corrected chi connectivity index (χ2v) is 4.88. The topological polar surface area (TPSA) is 58.6 Å². The van der Waals surface area contributed by atoms with E-state index < -0.39 is 11.4 Å². The summed E-state index contributed by atoms with van der Waals surface area (Å²) in [5, 5.41) is 12.6. The van der Waals surface area contributed by atoms with Crippen LogP contribution in [0.5, 0.6) is 5.75 Å². The van der Waals surface area contributed by atoms with Crippen molar-refractivity contribution in [1.29, 1.82) is 0 Å². The van der Waals surface area contributed by atoms with E-state index in [1.54, 1.807) is 21.0 Å². The Bertz CT molecular complexity index is 454. The molecule has 1 unspecified atom stereocenters. The molecule has 0 fully saturated rings. The second-order valence-electron chi connectivity index (χ2n) is 4.88. The minimum atomic E-state index is -0.813. The Morgan fingerprint density at radius 1 is 1.53 bits per heavy atom. The number of carbonyl (C=O) groups is 1. The average Bonchev–Trinajstić information content (AvgIpc) is 2.72.